The van der Waals surface area contributed by atoms with E-state index in [1.54, 1.807) is 0 Å². The minimum atomic E-state index is -1.79. The summed E-state index contributed by atoms with van der Waals surface area (Å²) in [4.78, 5) is 13.3. The number of nitrogens with one attached hydrogen (secondary N) is 1. The van der Waals surface area contributed by atoms with Gasteiger partial charge in [-0.1, -0.05) is 267 Å². The first kappa shape index (κ1) is 75.8. The molecule has 0 aromatic carbocycles. The van der Waals surface area contributed by atoms with Gasteiger partial charge in [-0.15, -0.1) is 0 Å². The highest BCUT2D eigenvalue weighted by Gasteiger charge is 2.51. The fraction of sp³-hybridized carbons (Fsp3) is 0.838. The molecule has 82 heavy (non-hydrogen) atoms. The Labute approximate surface area is 498 Å². The van der Waals surface area contributed by atoms with E-state index in [-0.39, 0.29) is 18.9 Å². The molecule has 14 heteroatoms. The molecule has 14 nitrogen and oxygen atoms in total. The first-order chi connectivity index (χ1) is 40.1. The molecule has 12 atom stereocenters. The maximum absolute atomic E-state index is 13.3. The summed E-state index contributed by atoms with van der Waals surface area (Å²) in [7, 11) is 0. The SMILES string of the molecule is CC/C=C\C/C=C\C/C=C\C/C=C\C/C=C\CCCCCCCCCC(=O)NC(COC1OC(CO)C(OC2OC(CO)C(O)C(O)C2O)C(O)C1O)C(O)CCCCCCCCCCCCCCCCCCCCCCCCCCC. The average Bonchev–Trinajstić information content (AvgIpc) is 3.53. The molecule has 2 rings (SSSR count). The molecular formula is C68H123NO13. The van der Waals surface area contributed by atoms with Crippen LogP contribution in [0.4, 0.5) is 0 Å². The Bertz CT molecular complexity index is 1610. The third-order valence-electron chi connectivity index (χ3n) is 16.2. The number of carbonyl (C=O) groups excluding carboxylic acids is 1. The van der Waals surface area contributed by atoms with E-state index in [9.17, 15) is 45.6 Å². The lowest BCUT2D eigenvalue weighted by atomic mass is 9.97. The number of aliphatic hydroxyl groups excluding tert-OH is 8. The van der Waals surface area contributed by atoms with E-state index < -0.39 is 86.8 Å². The monoisotopic (exact) mass is 1160 g/mol. The Kier molecular flexibility index (Phi) is 49.0. The first-order valence-corrected chi connectivity index (χ1v) is 33.5. The van der Waals surface area contributed by atoms with E-state index in [4.69, 9.17) is 18.9 Å². The highest BCUT2D eigenvalue weighted by molar-refractivity contribution is 5.76. The summed E-state index contributed by atoms with van der Waals surface area (Å²) in [5.41, 5.74) is 0. The zero-order valence-corrected chi connectivity index (χ0v) is 51.7. The number of rotatable bonds is 54. The van der Waals surface area contributed by atoms with Gasteiger partial charge in [0.05, 0.1) is 32.0 Å². The quantitative estimate of drug-likeness (QED) is 0.0204. The van der Waals surface area contributed by atoms with Crippen molar-refractivity contribution in [2.24, 2.45) is 0 Å². The standard InChI is InChI=1S/C68H123NO13/c1-3-5-7-9-11-13-15-17-19-21-23-25-27-28-30-31-33-35-37-39-41-43-45-47-49-51-57(72)56(55-79-67-65(78)63(76)66(59(54-71)81-67)82-68-64(77)62(75)61(74)58(53-70)80-68)69-60(73)52-50-48-46-44-42-40-38-36-34-32-29-26-24-22-20-18-16-14-12-10-8-6-4-2/h6,8,12,14,18,20,24,26,32,34,56-59,61-68,70-72,74-78H,3-5,7,9-11,13,15-17,19,21-23,25,27-31,33,35-55H2,1-2H3,(H,69,73)/b8-6-,14-12-,20-18-,26-24-,34-32-. The van der Waals surface area contributed by atoms with Gasteiger partial charge < -0.3 is 65.1 Å². The van der Waals surface area contributed by atoms with Crippen molar-refractivity contribution in [3.8, 4) is 0 Å². The van der Waals surface area contributed by atoms with Crippen molar-refractivity contribution in [2.45, 2.75) is 344 Å². The Morgan fingerprint density at radius 2 is 0.841 bits per heavy atom. The van der Waals surface area contributed by atoms with E-state index >= 15 is 0 Å². The Balaban J connectivity index is 1.71. The van der Waals surface area contributed by atoms with Crippen LogP contribution in [0.2, 0.25) is 0 Å². The second kappa shape index (κ2) is 53.0. The van der Waals surface area contributed by atoms with Gasteiger partial charge in [-0.05, 0) is 57.8 Å². The normalized spacial score (nSPS) is 24.3. The molecule has 0 aromatic heterocycles. The second-order valence-electron chi connectivity index (χ2n) is 23.6. The molecule has 478 valence electrons. The molecule has 2 heterocycles. The third-order valence-corrected chi connectivity index (χ3v) is 16.2. The predicted molar refractivity (Wildman–Crippen MR) is 332 cm³/mol. The number of ether oxygens (including phenoxy) is 4. The van der Waals surface area contributed by atoms with Crippen LogP contribution < -0.4 is 5.32 Å². The molecule has 12 unspecified atom stereocenters. The van der Waals surface area contributed by atoms with Crippen LogP contribution in [0, 0.1) is 0 Å². The molecule has 0 aromatic rings. The number of amides is 1. The lowest BCUT2D eigenvalue weighted by Gasteiger charge is -2.46. The maximum atomic E-state index is 13.3. The first-order valence-electron chi connectivity index (χ1n) is 33.5. The number of unbranched alkanes of at least 4 members (excludes halogenated alkanes) is 31. The van der Waals surface area contributed by atoms with Gasteiger partial charge in [0.25, 0.3) is 0 Å². The number of carbonyl (C=O) groups is 1. The Hall–Kier alpha value is -2.31. The van der Waals surface area contributed by atoms with E-state index in [1.807, 2.05) is 0 Å². The largest absolute Gasteiger partial charge is 0.394 e. The van der Waals surface area contributed by atoms with Crippen molar-refractivity contribution in [3.05, 3.63) is 60.8 Å². The fourth-order valence-electron chi connectivity index (χ4n) is 10.9. The van der Waals surface area contributed by atoms with Crippen molar-refractivity contribution in [1.29, 1.82) is 0 Å². The number of hydrogen-bond acceptors (Lipinski definition) is 13. The summed E-state index contributed by atoms with van der Waals surface area (Å²) in [5, 5.41) is 87.5. The molecule has 0 bridgehead atoms. The summed E-state index contributed by atoms with van der Waals surface area (Å²) in [6, 6.07) is -0.839. The van der Waals surface area contributed by atoms with E-state index in [0.29, 0.717) is 12.8 Å². The Morgan fingerprint density at radius 1 is 0.451 bits per heavy atom. The molecular weight excluding hydrogens is 1040 g/mol. The van der Waals surface area contributed by atoms with E-state index in [2.05, 4.69) is 79.9 Å². The molecule has 0 saturated carbocycles. The van der Waals surface area contributed by atoms with Crippen LogP contribution in [0.15, 0.2) is 60.8 Å². The van der Waals surface area contributed by atoms with Gasteiger partial charge >= 0.3 is 0 Å². The van der Waals surface area contributed by atoms with E-state index in [0.717, 1.165) is 96.3 Å². The van der Waals surface area contributed by atoms with Gasteiger partial charge in [-0.3, -0.25) is 4.79 Å². The zero-order chi connectivity index (χ0) is 59.5. The van der Waals surface area contributed by atoms with Crippen LogP contribution in [-0.4, -0.2) is 140 Å². The van der Waals surface area contributed by atoms with Crippen LogP contribution >= 0.6 is 0 Å². The lowest BCUT2D eigenvalue weighted by molar-refractivity contribution is -0.359. The third kappa shape index (κ3) is 37.3. The second-order valence-corrected chi connectivity index (χ2v) is 23.6. The zero-order valence-electron chi connectivity index (χ0n) is 51.7. The molecule has 0 spiro atoms. The highest BCUT2D eigenvalue weighted by atomic mass is 16.7. The Morgan fingerprint density at radius 3 is 1.29 bits per heavy atom. The van der Waals surface area contributed by atoms with Gasteiger partial charge in [-0.2, -0.15) is 0 Å². The molecule has 0 radical (unpaired) electrons. The van der Waals surface area contributed by atoms with Crippen LogP contribution in [0.5, 0.6) is 0 Å². The maximum Gasteiger partial charge on any atom is 0.220 e. The predicted octanol–water partition coefficient (Wildman–Crippen LogP) is 12.9. The van der Waals surface area contributed by atoms with Gasteiger partial charge in [-0.25, -0.2) is 0 Å². The molecule has 0 aliphatic carbocycles. The smallest absolute Gasteiger partial charge is 0.220 e. The summed E-state index contributed by atoms with van der Waals surface area (Å²) in [6.07, 6.45) is 52.2. The van der Waals surface area contributed by atoms with Crippen molar-refractivity contribution >= 4 is 5.91 Å². The van der Waals surface area contributed by atoms with Crippen LogP contribution in [0.3, 0.4) is 0 Å². The summed E-state index contributed by atoms with van der Waals surface area (Å²) in [6.45, 7) is 2.77. The molecule has 2 aliphatic heterocycles. The van der Waals surface area contributed by atoms with Crippen LogP contribution in [0.25, 0.3) is 0 Å². The average molecular weight is 1160 g/mol. The molecule has 1 amide bonds. The van der Waals surface area contributed by atoms with Crippen LogP contribution in [-0.2, 0) is 23.7 Å². The van der Waals surface area contributed by atoms with Crippen molar-refractivity contribution < 1.29 is 64.6 Å². The van der Waals surface area contributed by atoms with Gasteiger partial charge in [0.1, 0.15) is 48.8 Å². The fourth-order valence-corrected chi connectivity index (χ4v) is 10.9. The molecule has 2 saturated heterocycles. The highest BCUT2D eigenvalue weighted by Crippen LogP contribution is 2.30. The molecule has 2 aliphatic rings. The number of hydrogen-bond donors (Lipinski definition) is 9. The summed E-state index contributed by atoms with van der Waals surface area (Å²) >= 11 is 0. The number of aliphatic hydroxyl groups is 8. The summed E-state index contributed by atoms with van der Waals surface area (Å²) < 4.78 is 22.9. The van der Waals surface area contributed by atoms with Gasteiger partial charge in [0, 0.05) is 6.42 Å². The van der Waals surface area contributed by atoms with Crippen molar-refractivity contribution in [1.82, 2.24) is 5.32 Å². The summed E-state index contributed by atoms with van der Waals surface area (Å²) in [5.74, 6) is -0.217. The van der Waals surface area contributed by atoms with Gasteiger partial charge in [0.2, 0.25) is 5.91 Å². The molecule has 9 N–H and O–H groups in total. The van der Waals surface area contributed by atoms with Crippen molar-refractivity contribution in [3.63, 3.8) is 0 Å². The topological polar surface area (TPSA) is 228 Å². The minimum absolute atomic E-state index is 0.217. The number of allylic oxidation sites excluding steroid dienone is 10. The lowest BCUT2D eigenvalue weighted by Crippen LogP contribution is -2.65. The molecule has 2 fully saturated rings. The van der Waals surface area contributed by atoms with Crippen LogP contribution in [0.1, 0.15) is 271 Å². The van der Waals surface area contributed by atoms with Crippen molar-refractivity contribution in [2.75, 3.05) is 19.8 Å². The minimum Gasteiger partial charge on any atom is -0.394 e. The van der Waals surface area contributed by atoms with Gasteiger partial charge in [0.15, 0.2) is 12.6 Å². The van der Waals surface area contributed by atoms with E-state index in [1.165, 1.54) is 141 Å².